The van der Waals surface area contributed by atoms with Gasteiger partial charge in [-0.05, 0) is 30.5 Å². The van der Waals surface area contributed by atoms with Crippen molar-refractivity contribution in [1.82, 2.24) is 9.97 Å². The standard InChI is InChI=1S/C13H11F3N2O3/c14-13(15,16)8-5-9-7(11(19)18-12(20)17-9)4-6(8)10-2-1-3-21-10/h4-5,10H,1-3H2,(H2,17,18,19,20)/t10-/m1/s1. The third kappa shape index (κ3) is 2.46. The van der Waals surface area contributed by atoms with Crippen molar-refractivity contribution in [3.63, 3.8) is 0 Å². The molecule has 0 unspecified atom stereocenters. The monoisotopic (exact) mass is 300 g/mol. The summed E-state index contributed by atoms with van der Waals surface area (Å²) < 4.78 is 44.9. The lowest BCUT2D eigenvalue weighted by atomic mass is 9.97. The summed E-state index contributed by atoms with van der Waals surface area (Å²) >= 11 is 0. The minimum atomic E-state index is -4.59. The summed E-state index contributed by atoms with van der Waals surface area (Å²) in [5.41, 5.74) is -2.65. The number of benzene rings is 1. The van der Waals surface area contributed by atoms with Crippen molar-refractivity contribution in [3.05, 3.63) is 44.1 Å². The molecule has 3 rings (SSSR count). The topological polar surface area (TPSA) is 74.9 Å². The normalized spacial score (nSPS) is 19.3. The Morgan fingerprint density at radius 2 is 1.95 bits per heavy atom. The maximum Gasteiger partial charge on any atom is 0.416 e. The van der Waals surface area contributed by atoms with E-state index < -0.39 is 29.1 Å². The Bertz CT molecular complexity index is 801. The number of fused-ring (bicyclic) bond motifs is 1. The average molecular weight is 300 g/mol. The molecule has 1 atom stereocenters. The largest absolute Gasteiger partial charge is 0.416 e. The van der Waals surface area contributed by atoms with E-state index in [2.05, 4.69) is 4.98 Å². The number of hydrogen-bond donors (Lipinski definition) is 2. The second-order valence-electron chi connectivity index (χ2n) is 4.89. The zero-order chi connectivity index (χ0) is 15.2. The van der Waals surface area contributed by atoms with Gasteiger partial charge in [-0.25, -0.2) is 4.79 Å². The van der Waals surface area contributed by atoms with E-state index in [1.165, 1.54) is 0 Å². The van der Waals surface area contributed by atoms with Crippen LogP contribution in [0.5, 0.6) is 0 Å². The number of halogens is 3. The molecule has 0 saturated carbocycles. The van der Waals surface area contributed by atoms with Gasteiger partial charge in [-0.3, -0.25) is 9.78 Å². The van der Waals surface area contributed by atoms with E-state index in [9.17, 15) is 22.8 Å². The highest BCUT2D eigenvalue weighted by Gasteiger charge is 2.37. The van der Waals surface area contributed by atoms with E-state index in [0.717, 1.165) is 12.1 Å². The lowest BCUT2D eigenvalue weighted by Crippen LogP contribution is -2.23. The van der Waals surface area contributed by atoms with E-state index in [4.69, 9.17) is 4.74 Å². The number of aromatic amines is 2. The Balaban J connectivity index is 2.33. The molecule has 5 nitrogen and oxygen atoms in total. The quantitative estimate of drug-likeness (QED) is 0.846. The van der Waals surface area contributed by atoms with Gasteiger partial charge in [0.05, 0.1) is 22.6 Å². The van der Waals surface area contributed by atoms with Gasteiger partial charge in [0.1, 0.15) is 0 Å². The predicted molar refractivity (Wildman–Crippen MR) is 68.1 cm³/mol. The van der Waals surface area contributed by atoms with E-state index >= 15 is 0 Å². The molecule has 1 fully saturated rings. The molecule has 8 heteroatoms. The highest BCUT2D eigenvalue weighted by Crippen LogP contribution is 2.40. The molecular formula is C13H11F3N2O3. The number of ether oxygens (including phenoxy) is 1. The second kappa shape index (κ2) is 4.73. The summed E-state index contributed by atoms with van der Waals surface area (Å²) in [6.07, 6.45) is -4.13. The van der Waals surface area contributed by atoms with Crippen molar-refractivity contribution in [1.29, 1.82) is 0 Å². The van der Waals surface area contributed by atoms with Gasteiger partial charge in [0, 0.05) is 6.61 Å². The molecule has 0 bridgehead atoms. The molecule has 1 aliphatic rings. The predicted octanol–water partition coefficient (Wildman–Crippen LogP) is 2.09. The molecule has 1 aliphatic heterocycles. The van der Waals surface area contributed by atoms with E-state index in [1.807, 2.05) is 4.98 Å². The Morgan fingerprint density at radius 3 is 2.57 bits per heavy atom. The SMILES string of the molecule is O=c1[nH]c(=O)c2cc([C@H]3CCCO3)c(C(F)(F)F)cc2[nH]1. The molecule has 2 heterocycles. The van der Waals surface area contributed by atoms with Gasteiger partial charge in [-0.15, -0.1) is 0 Å². The smallest absolute Gasteiger partial charge is 0.374 e. The van der Waals surface area contributed by atoms with Crippen molar-refractivity contribution in [2.75, 3.05) is 6.61 Å². The van der Waals surface area contributed by atoms with Crippen LogP contribution in [-0.4, -0.2) is 16.6 Å². The first-order chi connectivity index (χ1) is 9.86. The minimum Gasteiger partial charge on any atom is -0.374 e. The van der Waals surface area contributed by atoms with E-state index in [0.29, 0.717) is 19.4 Å². The van der Waals surface area contributed by atoms with Crippen LogP contribution in [0.25, 0.3) is 10.9 Å². The Morgan fingerprint density at radius 1 is 1.19 bits per heavy atom. The van der Waals surface area contributed by atoms with Crippen LogP contribution in [0.4, 0.5) is 13.2 Å². The Labute approximate surface area is 115 Å². The van der Waals surface area contributed by atoms with Gasteiger partial charge < -0.3 is 9.72 Å². The highest BCUT2D eigenvalue weighted by molar-refractivity contribution is 5.79. The lowest BCUT2D eigenvalue weighted by Gasteiger charge is -2.18. The highest BCUT2D eigenvalue weighted by atomic mass is 19.4. The van der Waals surface area contributed by atoms with E-state index in [1.54, 1.807) is 0 Å². The van der Waals surface area contributed by atoms with Crippen molar-refractivity contribution < 1.29 is 17.9 Å². The molecule has 2 N–H and O–H groups in total. The molecule has 0 radical (unpaired) electrons. The van der Waals surface area contributed by atoms with Crippen LogP contribution < -0.4 is 11.2 Å². The Kier molecular flexibility index (Phi) is 3.12. The third-order valence-corrected chi connectivity index (χ3v) is 3.49. The van der Waals surface area contributed by atoms with Crippen molar-refractivity contribution in [3.8, 4) is 0 Å². The van der Waals surface area contributed by atoms with Gasteiger partial charge in [0.25, 0.3) is 5.56 Å². The molecule has 0 spiro atoms. The molecule has 1 aromatic carbocycles. The molecular weight excluding hydrogens is 289 g/mol. The number of H-pyrrole nitrogens is 2. The van der Waals surface area contributed by atoms with Crippen molar-refractivity contribution in [2.24, 2.45) is 0 Å². The van der Waals surface area contributed by atoms with Crippen LogP contribution in [0.3, 0.4) is 0 Å². The van der Waals surface area contributed by atoms with Crippen LogP contribution in [0.15, 0.2) is 21.7 Å². The third-order valence-electron chi connectivity index (χ3n) is 3.49. The zero-order valence-corrected chi connectivity index (χ0v) is 10.7. The number of aromatic nitrogens is 2. The van der Waals surface area contributed by atoms with Gasteiger partial charge in [-0.1, -0.05) is 0 Å². The van der Waals surface area contributed by atoms with Gasteiger partial charge in [-0.2, -0.15) is 13.2 Å². The summed E-state index contributed by atoms with van der Waals surface area (Å²) in [6.45, 7) is 0.391. The number of hydrogen-bond acceptors (Lipinski definition) is 3. The molecule has 112 valence electrons. The fraction of sp³-hybridized carbons (Fsp3) is 0.385. The molecule has 21 heavy (non-hydrogen) atoms. The summed E-state index contributed by atoms with van der Waals surface area (Å²) in [5, 5.41) is 0.00750. The summed E-state index contributed by atoms with van der Waals surface area (Å²) in [5.74, 6) is 0. The first-order valence-corrected chi connectivity index (χ1v) is 6.35. The van der Waals surface area contributed by atoms with Crippen molar-refractivity contribution in [2.45, 2.75) is 25.1 Å². The molecule has 1 aromatic heterocycles. The fourth-order valence-corrected chi connectivity index (χ4v) is 2.57. The van der Waals surface area contributed by atoms with Crippen LogP contribution >= 0.6 is 0 Å². The van der Waals surface area contributed by atoms with Crippen LogP contribution in [0, 0.1) is 0 Å². The van der Waals surface area contributed by atoms with Gasteiger partial charge in [0.2, 0.25) is 0 Å². The molecule has 0 aliphatic carbocycles. The first kappa shape index (κ1) is 13.9. The first-order valence-electron chi connectivity index (χ1n) is 6.35. The summed E-state index contributed by atoms with van der Waals surface area (Å²) in [4.78, 5) is 27.1. The number of rotatable bonds is 1. The van der Waals surface area contributed by atoms with Gasteiger partial charge >= 0.3 is 11.9 Å². The maximum absolute atomic E-state index is 13.2. The fourth-order valence-electron chi connectivity index (χ4n) is 2.57. The average Bonchev–Trinajstić information content (AvgIpc) is 2.90. The minimum absolute atomic E-state index is 0.00750. The zero-order valence-electron chi connectivity index (χ0n) is 10.7. The Hall–Kier alpha value is -2.09. The van der Waals surface area contributed by atoms with Gasteiger partial charge in [0.15, 0.2) is 0 Å². The van der Waals surface area contributed by atoms with Crippen molar-refractivity contribution >= 4 is 10.9 Å². The maximum atomic E-state index is 13.2. The second-order valence-corrected chi connectivity index (χ2v) is 4.89. The number of nitrogens with one attached hydrogen (secondary N) is 2. The van der Waals surface area contributed by atoms with Crippen LogP contribution in [0.2, 0.25) is 0 Å². The molecule has 0 amide bonds. The lowest BCUT2D eigenvalue weighted by molar-refractivity contribution is -0.139. The molecule has 2 aromatic rings. The number of alkyl halides is 3. The van der Waals surface area contributed by atoms with Crippen LogP contribution in [-0.2, 0) is 10.9 Å². The van der Waals surface area contributed by atoms with E-state index in [-0.39, 0.29) is 16.5 Å². The summed E-state index contributed by atoms with van der Waals surface area (Å²) in [6, 6.07) is 1.95. The summed E-state index contributed by atoms with van der Waals surface area (Å²) in [7, 11) is 0. The van der Waals surface area contributed by atoms with Crippen LogP contribution in [0.1, 0.15) is 30.1 Å². The molecule has 1 saturated heterocycles.